The van der Waals surface area contributed by atoms with E-state index in [1.54, 1.807) is 18.3 Å². The molecule has 1 atom stereocenters. The number of nitrogens with one attached hydrogen (secondary N) is 1. The van der Waals surface area contributed by atoms with Gasteiger partial charge in [0, 0.05) is 5.38 Å². The van der Waals surface area contributed by atoms with E-state index < -0.39 is 0 Å². The van der Waals surface area contributed by atoms with Crippen LogP contribution >= 0.6 is 11.3 Å². The lowest BCUT2D eigenvalue weighted by atomic mass is 10.4. The zero-order valence-electron chi connectivity index (χ0n) is 7.60. The Hall–Kier alpha value is -1.40. The van der Waals surface area contributed by atoms with Crippen LogP contribution in [0.1, 0.15) is 18.9 Å². The second kappa shape index (κ2) is 3.77. The Morgan fingerprint density at radius 2 is 2.43 bits per heavy atom. The first-order valence-corrected chi connectivity index (χ1v) is 5.08. The van der Waals surface area contributed by atoms with E-state index >= 15 is 0 Å². The third kappa shape index (κ3) is 1.91. The number of nitrogens with two attached hydrogens (primary N) is 1. The van der Waals surface area contributed by atoms with Crippen molar-refractivity contribution in [3.05, 3.63) is 22.7 Å². The van der Waals surface area contributed by atoms with Gasteiger partial charge in [0.15, 0.2) is 0 Å². The average molecular weight is 210 g/mol. The maximum Gasteiger partial charge on any atom is 0.320 e. The summed E-state index contributed by atoms with van der Waals surface area (Å²) in [5.41, 5.74) is 6.52. The molecule has 74 valence electrons. The average Bonchev–Trinajstić information content (AvgIpc) is 2.75. The molecule has 0 bridgehead atoms. The number of aromatic nitrogens is 2. The van der Waals surface area contributed by atoms with Crippen molar-refractivity contribution in [3.63, 3.8) is 0 Å². The zero-order valence-corrected chi connectivity index (χ0v) is 8.41. The summed E-state index contributed by atoms with van der Waals surface area (Å²) in [5.74, 6) is 0.433. The Balaban J connectivity index is 2.11. The highest BCUT2D eigenvalue weighted by atomic mass is 32.1. The topological polar surface area (TPSA) is 77.0 Å². The largest absolute Gasteiger partial charge is 0.406 e. The van der Waals surface area contributed by atoms with Crippen LogP contribution in [0.3, 0.4) is 0 Å². The van der Waals surface area contributed by atoms with Crippen LogP contribution in [-0.4, -0.2) is 10.2 Å². The van der Waals surface area contributed by atoms with Crippen molar-refractivity contribution in [1.29, 1.82) is 0 Å². The van der Waals surface area contributed by atoms with E-state index in [4.69, 9.17) is 10.2 Å². The van der Waals surface area contributed by atoms with Crippen molar-refractivity contribution in [3.8, 4) is 0 Å². The van der Waals surface area contributed by atoms with Crippen LogP contribution in [-0.2, 0) is 0 Å². The molecule has 0 aliphatic carbocycles. The summed E-state index contributed by atoms with van der Waals surface area (Å²) in [4.78, 5) is 0. The summed E-state index contributed by atoms with van der Waals surface area (Å²) < 4.78 is 5.26. The fraction of sp³-hybridized carbons (Fsp3) is 0.250. The molecule has 6 heteroatoms. The molecule has 0 aromatic carbocycles. The minimum absolute atomic E-state index is 0.236. The molecule has 2 aromatic heterocycles. The highest BCUT2D eigenvalue weighted by Crippen LogP contribution is 2.19. The fourth-order valence-electron chi connectivity index (χ4n) is 0.928. The van der Waals surface area contributed by atoms with E-state index in [2.05, 4.69) is 15.5 Å². The molecule has 1 unspecified atom stereocenters. The van der Waals surface area contributed by atoms with Crippen LogP contribution < -0.4 is 11.1 Å². The highest BCUT2D eigenvalue weighted by Gasteiger charge is 2.09. The summed E-state index contributed by atoms with van der Waals surface area (Å²) in [6, 6.07) is 2.07. The number of anilines is 2. The maximum atomic E-state index is 5.58. The monoisotopic (exact) mass is 210 g/mol. The minimum atomic E-state index is -0.236. The lowest BCUT2D eigenvalue weighted by Gasteiger charge is -1.96. The van der Waals surface area contributed by atoms with Gasteiger partial charge in [-0.1, -0.05) is 5.10 Å². The lowest BCUT2D eigenvalue weighted by Crippen LogP contribution is -2.04. The van der Waals surface area contributed by atoms with Crippen LogP contribution in [0.15, 0.2) is 21.2 Å². The second-order valence-electron chi connectivity index (χ2n) is 2.87. The van der Waals surface area contributed by atoms with Crippen LogP contribution in [0.4, 0.5) is 11.7 Å². The fourth-order valence-corrected chi connectivity index (χ4v) is 1.52. The summed E-state index contributed by atoms with van der Waals surface area (Å²) in [6.45, 7) is 1.79. The van der Waals surface area contributed by atoms with Crippen molar-refractivity contribution in [2.75, 3.05) is 5.32 Å². The van der Waals surface area contributed by atoms with Gasteiger partial charge in [0.2, 0.25) is 5.89 Å². The van der Waals surface area contributed by atoms with Gasteiger partial charge in [-0.3, -0.25) is 0 Å². The summed E-state index contributed by atoms with van der Waals surface area (Å²) >= 11 is 1.59. The summed E-state index contributed by atoms with van der Waals surface area (Å²) in [5, 5.41) is 14.5. The van der Waals surface area contributed by atoms with Crippen molar-refractivity contribution >= 4 is 23.0 Å². The van der Waals surface area contributed by atoms with E-state index in [1.807, 2.05) is 16.8 Å². The first-order valence-electron chi connectivity index (χ1n) is 4.14. The van der Waals surface area contributed by atoms with E-state index in [0.29, 0.717) is 11.9 Å². The quantitative estimate of drug-likeness (QED) is 0.809. The zero-order chi connectivity index (χ0) is 9.97. The van der Waals surface area contributed by atoms with Crippen LogP contribution in [0, 0.1) is 0 Å². The molecule has 0 spiro atoms. The van der Waals surface area contributed by atoms with Crippen molar-refractivity contribution in [2.45, 2.75) is 13.0 Å². The van der Waals surface area contributed by atoms with Gasteiger partial charge in [-0.2, -0.15) is 11.3 Å². The SMILES string of the molecule is CC(N)c1nnc(Nc2ccsc2)o1. The van der Waals surface area contributed by atoms with Gasteiger partial charge < -0.3 is 15.5 Å². The molecule has 14 heavy (non-hydrogen) atoms. The Kier molecular flexibility index (Phi) is 2.47. The molecular weight excluding hydrogens is 200 g/mol. The Labute approximate surface area is 85.0 Å². The standard InChI is InChI=1S/C8H10N4OS/c1-5(9)7-11-12-8(13-7)10-6-2-3-14-4-6/h2-5H,9H2,1H3,(H,10,12). The summed E-state index contributed by atoms with van der Waals surface area (Å²) in [6.07, 6.45) is 0. The smallest absolute Gasteiger partial charge is 0.320 e. The normalized spacial score (nSPS) is 12.7. The van der Waals surface area contributed by atoms with Gasteiger partial charge in [-0.15, -0.1) is 5.10 Å². The molecule has 5 nitrogen and oxygen atoms in total. The van der Waals surface area contributed by atoms with E-state index in [1.165, 1.54) is 0 Å². The Morgan fingerprint density at radius 3 is 3.00 bits per heavy atom. The van der Waals surface area contributed by atoms with Gasteiger partial charge >= 0.3 is 6.01 Å². The molecule has 0 radical (unpaired) electrons. The molecule has 3 N–H and O–H groups in total. The molecule has 2 rings (SSSR count). The van der Waals surface area contributed by atoms with Crippen LogP contribution in [0.5, 0.6) is 0 Å². The van der Waals surface area contributed by atoms with Gasteiger partial charge in [-0.25, -0.2) is 0 Å². The van der Waals surface area contributed by atoms with Crippen molar-refractivity contribution < 1.29 is 4.42 Å². The van der Waals surface area contributed by atoms with E-state index in [0.717, 1.165) is 5.69 Å². The molecule has 0 aliphatic rings. The van der Waals surface area contributed by atoms with E-state index in [-0.39, 0.29) is 6.04 Å². The summed E-state index contributed by atoms with van der Waals surface area (Å²) in [7, 11) is 0. The molecule has 0 aliphatic heterocycles. The lowest BCUT2D eigenvalue weighted by molar-refractivity contribution is 0.476. The second-order valence-corrected chi connectivity index (χ2v) is 3.65. The molecule has 2 heterocycles. The van der Waals surface area contributed by atoms with Gasteiger partial charge in [-0.05, 0) is 18.4 Å². The Morgan fingerprint density at radius 1 is 1.57 bits per heavy atom. The molecule has 0 amide bonds. The maximum absolute atomic E-state index is 5.58. The van der Waals surface area contributed by atoms with E-state index in [9.17, 15) is 0 Å². The molecule has 0 saturated heterocycles. The highest BCUT2D eigenvalue weighted by molar-refractivity contribution is 7.08. The first kappa shape index (κ1) is 9.17. The number of hydrogen-bond donors (Lipinski definition) is 2. The minimum Gasteiger partial charge on any atom is -0.406 e. The molecule has 0 saturated carbocycles. The number of rotatable bonds is 3. The predicted octanol–water partition coefficient (Wildman–Crippen LogP) is 1.89. The third-order valence-corrected chi connectivity index (χ3v) is 2.29. The third-order valence-electron chi connectivity index (χ3n) is 1.60. The number of nitrogens with zero attached hydrogens (tertiary/aromatic N) is 2. The van der Waals surface area contributed by atoms with Gasteiger partial charge in [0.25, 0.3) is 0 Å². The van der Waals surface area contributed by atoms with Crippen molar-refractivity contribution in [2.24, 2.45) is 5.73 Å². The van der Waals surface area contributed by atoms with Crippen LogP contribution in [0.25, 0.3) is 0 Å². The molecular formula is C8H10N4OS. The van der Waals surface area contributed by atoms with Crippen LogP contribution in [0.2, 0.25) is 0 Å². The molecule has 0 fully saturated rings. The number of thiophene rings is 1. The first-order chi connectivity index (χ1) is 6.75. The van der Waals surface area contributed by atoms with Gasteiger partial charge in [0.05, 0.1) is 11.7 Å². The Bertz CT molecular complexity index is 395. The van der Waals surface area contributed by atoms with Gasteiger partial charge in [0.1, 0.15) is 0 Å². The molecule has 2 aromatic rings. The van der Waals surface area contributed by atoms with Crippen molar-refractivity contribution in [1.82, 2.24) is 10.2 Å². The predicted molar refractivity (Wildman–Crippen MR) is 54.5 cm³/mol. The number of hydrogen-bond acceptors (Lipinski definition) is 6.